The lowest BCUT2D eigenvalue weighted by Gasteiger charge is -2.10. The summed E-state index contributed by atoms with van der Waals surface area (Å²) in [4.78, 5) is 10.9. The summed E-state index contributed by atoms with van der Waals surface area (Å²) in [6.45, 7) is 0.123. The van der Waals surface area contributed by atoms with Crippen molar-refractivity contribution in [1.82, 2.24) is 0 Å². The van der Waals surface area contributed by atoms with Crippen LogP contribution in [0.15, 0.2) is 18.2 Å². The maximum Gasteiger partial charge on any atom is 0.222 e. The largest absolute Gasteiger partial charge is 0.505 e. The van der Waals surface area contributed by atoms with Crippen molar-refractivity contribution < 1.29 is 14.3 Å². The predicted octanol–water partition coefficient (Wildman–Crippen LogP) is 0.134. The number of hydrogen-bond donors (Lipinski definition) is 3. The molecule has 0 saturated carbocycles. The van der Waals surface area contributed by atoms with Crippen LogP contribution in [0.2, 0.25) is 0 Å². The van der Waals surface area contributed by atoms with Gasteiger partial charge >= 0.3 is 0 Å². The molecule has 5 heteroatoms. The third-order valence-electron chi connectivity index (χ3n) is 2.18. The molecule has 4 nitrogen and oxygen atoms in total. The normalized spacial score (nSPS) is 12.4. The first-order chi connectivity index (χ1) is 7.04. The summed E-state index contributed by atoms with van der Waals surface area (Å²) in [7, 11) is 0. The molecular weight excluding hydrogens is 199 g/mol. The van der Waals surface area contributed by atoms with Crippen molar-refractivity contribution in [1.29, 1.82) is 0 Å². The van der Waals surface area contributed by atoms with E-state index in [0.29, 0.717) is 5.56 Å². The lowest BCUT2D eigenvalue weighted by atomic mass is 9.99. The Morgan fingerprint density at radius 3 is 2.67 bits per heavy atom. The second kappa shape index (κ2) is 4.75. The minimum Gasteiger partial charge on any atom is -0.505 e. The van der Waals surface area contributed by atoms with E-state index in [9.17, 15) is 9.18 Å². The number of nitrogens with two attached hydrogens (primary N) is 2. The number of carbonyl (C=O) groups excluding carboxylic acids is 1. The molecule has 15 heavy (non-hydrogen) atoms. The zero-order valence-corrected chi connectivity index (χ0v) is 8.11. The number of primary amides is 1. The topological polar surface area (TPSA) is 89.3 Å². The molecule has 1 amide bonds. The summed E-state index contributed by atoms with van der Waals surface area (Å²) >= 11 is 0. The molecule has 0 aliphatic rings. The Morgan fingerprint density at radius 2 is 2.20 bits per heavy atom. The molecule has 0 aliphatic heterocycles. The number of aromatic hydroxyl groups is 1. The van der Waals surface area contributed by atoms with Crippen LogP contribution in [0.3, 0.4) is 0 Å². The van der Waals surface area contributed by atoms with Crippen LogP contribution >= 0.6 is 0 Å². The quantitative estimate of drug-likeness (QED) is 0.662. The third-order valence-corrected chi connectivity index (χ3v) is 2.18. The van der Waals surface area contributed by atoms with Crippen LogP contribution in [0, 0.1) is 11.7 Å². The van der Waals surface area contributed by atoms with Gasteiger partial charge in [-0.1, -0.05) is 6.07 Å². The standard InChI is InChI=1S/C10H13FN2O2/c11-8-4-6(1-2-9(8)14)3-7(5-12)10(13)15/h1-2,4,7,14H,3,5,12H2,(H2,13,15). The van der Waals surface area contributed by atoms with E-state index in [1.54, 1.807) is 0 Å². The van der Waals surface area contributed by atoms with Gasteiger partial charge in [-0.25, -0.2) is 4.39 Å². The van der Waals surface area contributed by atoms with Gasteiger partial charge in [0, 0.05) is 6.54 Å². The highest BCUT2D eigenvalue weighted by Gasteiger charge is 2.14. The molecule has 1 unspecified atom stereocenters. The van der Waals surface area contributed by atoms with E-state index in [-0.39, 0.29) is 13.0 Å². The summed E-state index contributed by atoms with van der Waals surface area (Å²) < 4.78 is 12.9. The average molecular weight is 212 g/mol. The van der Waals surface area contributed by atoms with E-state index in [1.807, 2.05) is 0 Å². The molecule has 0 heterocycles. The second-order valence-electron chi connectivity index (χ2n) is 3.32. The van der Waals surface area contributed by atoms with E-state index in [4.69, 9.17) is 16.6 Å². The molecule has 1 aromatic carbocycles. The number of amides is 1. The first kappa shape index (κ1) is 11.5. The molecule has 0 fully saturated rings. The molecule has 0 aliphatic carbocycles. The van der Waals surface area contributed by atoms with Crippen LogP contribution in [0.1, 0.15) is 5.56 Å². The van der Waals surface area contributed by atoms with Crippen molar-refractivity contribution in [2.75, 3.05) is 6.54 Å². The number of rotatable bonds is 4. The smallest absolute Gasteiger partial charge is 0.222 e. The molecule has 1 aromatic rings. The molecule has 1 rings (SSSR count). The van der Waals surface area contributed by atoms with Crippen molar-refractivity contribution in [3.63, 3.8) is 0 Å². The zero-order valence-electron chi connectivity index (χ0n) is 8.11. The van der Waals surface area contributed by atoms with Gasteiger partial charge in [-0.3, -0.25) is 4.79 Å². The predicted molar refractivity (Wildman–Crippen MR) is 53.5 cm³/mol. The van der Waals surface area contributed by atoms with E-state index < -0.39 is 23.4 Å². The number of benzene rings is 1. The maximum absolute atomic E-state index is 12.9. The number of halogens is 1. The molecule has 82 valence electrons. The number of carbonyl (C=O) groups is 1. The van der Waals surface area contributed by atoms with Gasteiger partial charge in [-0.2, -0.15) is 0 Å². The molecule has 1 atom stereocenters. The number of phenols is 1. The lowest BCUT2D eigenvalue weighted by molar-refractivity contribution is -0.121. The fourth-order valence-electron chi connectivity index (χ4n) is 1.26. The van der Waals surface area contributed by atoms with Crippen molar-refractivity contribution in [2.45, 2.75) is 6.42 Å². The summed E-state index contributed by atoms with van der Waals surface area (Å²) in [5.41, 5.74) is 11.0. The number of hydrogen-bond acceptors (Lipinski definition) is 3. The lowest BCUT2D eigenvalue weighted by Crippen LogP contribution is -2.31. The minimum absolute atomic E-state index is 0.123. The molecule has 5 N–H and O–H groups in total. The van der Waals surface area contributed by atoms with Crippen LogP contribution < -0.4 is 11.5 Å². The highest BCUT2D eigenvalue weighted by Crippen LogP contribution is 2.18. The van der Waals surface area contributed by atoms with Gasteiger partial charge in [-0.05, 0) is 24.1 Å². The molecular formula is C10H13FN2O2. The summed E-state index contributed by atoms with van der Waals surface area (Å²) in [5, 5.41) is 8.95. The zero-order chi connectivity index (χ0) is 11.4. The molecule has 0 radical (unpaired) electrons. The Hall–Kier alpha value is -1.62. The Labute approximate surface area is 86.7 Å². The van der Waals surface area contributed by atoms with Gasteiger partial charge in [0.25, 0.3) is 0 Å². The van der Waals surface area contributed by atoms with Gasteiger partial charge in [0.1, 0.15) is 0 Å². The average Bonchev–Trinajstić information content (AvgIpc) is 2.19. The first-order valence-corrected chi connectivity index (χ1v) is 4.51. The summed E-state index contributed by atoms with van der Waals surface area (Å²) in [6, 6.07) is 3.93. The Morgan fingerprint density at radius 1 is 1.53 bits per heavy atom. The minimum atomic E-state index is -0.715. The third kappa shape index (κ3) is 2.92. The van der Waals surface area contributed by atoms with Gasteiger partial charge in [-0.15, -0.1) is 0 Å². The SMILES string of the molecule is NCC(Cc1ccc(O)c(F)c1)C(N)=O. The van der Waals surface area contributed by atoms with Crippen LogP contribution in [-0.4, -0.2) is 17.6 Å². The van der Waals surface area contributed by atoms with Gasteiger partial charge in [0.05, 0.1) is 5.92 Å². The fourth-order valence-corrected chi connectivity index (χ4v) is 1.26. The highest BCUT2D eigenvalue weighted by atomic mass is 19.1. The maximum atomic E-state index is 12.9. The molecule has 0 bridgehead atoms. The van der Waals surface area contributed by atoms with Crippen molar-refractivity contribution in [2.24, 2.45) is 17.4 Å². The Bertz CT molecular complexity index is 368. The highest BCUT2D eigenvalue weighted by molar-refractivity contribution is 5.77. The van der Waals surface area contributed by atoms with Gasteiger partial charge in [0.2, 0.25) is 5.91 Å². The van der Waals surface area contributed by atoms with Gasteiger partial charge < -0.3 is 16.6 Å². The second-order valence-corrected chi connectivity index (χ2v) is 3.32. The monoisotopic (exact) mass is 212 g/mol. The Kier molecular flexibility index (Phi) is 3.62. The van der Waals surface area contributed by atoms with Crippen molar-refractivity contribution >= 4 is 5.91 Å². The van der Waals surface area contributed by atoms with Crippen molar-refractivity contribution in [3.8, 4) is 5.75 Å². The van der Waals surface area contributed by atoms with Gasteiger partial charge in [0.15, 0.2) is 11.6 Å². The summed E-state index contributed by atoms with van der Waals surface area (Å²) in [6.07, 6.45) is 0.281. The van der Waals surface area contributed by atoms with E-state index in [1.165, 1.54) is 18.2 Å². The van der Waals surface area contributed by atoms with Crippen molar-refractivity contribution in [3.05, 3.63) is 29.6 Å². The van der Waals surface area contributed by atoms with Crippen LogP contribution in [0.5, 0.6) is 5.75 Å². The number of phenolic OH excluding ortho intramolecular Hbond substituents is 1. The van der Waals surface area contributed by atoms with E-state index >= 15 is 0 Å². The summed E-state index contributed by atoms with van der Waals surface area (Å²) in [5.74, 6) is -2.14. The fraction of sp³-hybridized carbons (Fsp3) is 0.300. The van der Waals surface area contributed by atoms with Crippen LogP contribution in [-0.2, 0) is 11.2 Å². The van der Waals surface area contributed by atoms with Crippen LogP contribution in [0.25, 0.3) is 0 Å². The Balaban J connectivity index is 2.80. The van der Waals surface area contributed by atoms with E-state index in [2.05, 4.69) is 0 Å². The first-order valence-electron chi connectivity index (χ1n) is 4.51. The molecule has 0 aromatic heterocycles. The molecule has 0 saturated heterocycles. The molecule has 0 spiro atoms. The van der Waals surface area contributed by atoms with Crippen LogP contribution in [0.4, 0.5) is 4.39 Å². The van der Waals surface area contributed by atoms with E-state index in [0.717, 1.165) is 0 Å².